The predicted octanol–water partition coefficient (Wildman–Crippen LogP) is 3.09. The maximum absolute atomic E-state index is 13.0. The first-order valence-corrected chi connectivity index (χ1v) is 11.7. The van der Waals surface area contributed by atoms with Gasteiger partial charge in [-0.3, -0.25) is 10.1 Å². The van der Waals surface area contributed by atoms with Crippen molar-refractivity contribution in [2.45, 2.75) is 24.7 Å². The molecular formula is C22H24N4O5S. The molecule has 10 heteroatoms. The van der Waals surface area contributed by atoms with Crippen molar-refractivity contribution in [3.63, 3.8) is 0 Å². The Hall–Kier alpha value is -3.24. The first-order valence-electron chi connectivity index (χ1n) is 10.2. The summed E-state index contributed by atoms with van der Waals surface area (Å²) in [5, 5.41) is 10.5. The number of carbonyl (C=O) groups is 1. The zero-order valence-electron chi connectivity index (χ0n) is 17.8. The number of rotatable bonds is 6. The largest absolute Gasteiger partial charge is 0.497 e. The van der Waals surface area contributed by atoms with E-state index in [2.05, 4.69) is 15.5 Å². The molecule has 1 atom stereocenters. The Morgan fingerprint density at radius 2 is 1.97 bits per heavy atom. The van der Waals surface area contributed by atoms with E-state index in [-0.39, 0.29) is 23.4 Å². The van der Waals surface area contributed by atoms with Crippen molar-refractivity contribution in [2.75, 3.05) is 25.5 Å². The van der Waals surface area contributed by atoms with E-state index in [4.69, 9.17) is 9.15 Å². The van der Waals surface area contributed by atoms with Gasteiger partial charge >= 0.3 is 6.01 Å². The molecular weight excluding hydrogens is 432 g/mol. The molecule has 32 heavy (non-hydrogen) atoms. The first-order chi connectivity index (χ1) is 15.4. The summed E-state index contributed by atoms with van der Waals surface area (Å²) in [6.07, 6.45) is 1.14. The molecule has 3 aromatic rings. The molecule has 1 fully saturated rings. The average molecular weight is 457 g/mol. The van der Waals surface area contributed by atoms with Crippen LogP contribution in [-0.2, 0) is 14.8 Å². The fourth-order valence-electron chi connectivity index (χ4n) is 3.65. The third-order valence-corrected chi connectivity index (χ3v) is 7.25. The van der Waals surface area contributed by atoms with E-state index in [1.165, 1.54) is 23.5 Å². The van der Waals surface area contributed by atoms with Crippen LogP contribution in [0.3, 0.4) is 0 Å². The molecule has 9 nitrogen and oxygen atoms in total. The van der Waals surface area contributed by atoms with E-state index in [9.17, 15) is 13.2 Å². The van der Waals surface area contributed by atoms with Gasteiger partial charge < -0.3 is 9.15 Å². The summed E-state index contributed by atoms with van der Waals surface area (Å²) < 4.78 is 38.0. The molecule has 0 spiro atoms. The van der Waals surface area contributed by atoms with E-state index >= 15 is 0 Å². The minimum Gasteiger partial charge on any atom is -0.497 e. The molecule has 2 heterocycles. The number of hydrogen-bond acceptors (Lipinski definition) is 7. The molecule has 1 N–H and O–H groups in total. The number of aryl methyl sites for hydroxylation is 1. The van der Waals surface area contributed by atoms with Gasteiger partial charge in [-0.25, -0.2) is 8.42 Å². The van der Waals surface area contributed by atoms with E-state index in [0.29, 0.717) is 31.0 Å². The quantitative estimate of drug-likeness (QED) is 0.606. The van der Waals surface area contributed by atoms with Gasteiger partial charge in [-0.05, 0) is 56.2 Å². The highest BCUT2D eigenvalue weighted by molar-refractivity contribution is 7.89. The molecule has 1 amide bonds. The second-order valence-corrected chi connectivity index (χ2v) is 9.59. The number of sulfonamides is 1. The molecule has 0 saturated carbocycles. The molecule has 1 aliphatic heterocycles. The molecule has 1 saturated heterocycles. The van der Waals surface area contributed by atoms with Crippen LogP contribution in [0.5, 0.6) is 5.75 Å². The number of ether oxygens (including phenoxy) is 1. The fraction of sp³-hybridized carbons (Fsp3) is 0.318. The van der Waals surface area contributed by atoms with Gasteiger partial charge in [0.2, 0.25) is 21.8 Å². The lowest BCUT2D eigenvalue weighted by Crippen LogP contribution is -2.43. The Bertz CT molecular complexity index is 1210. The second-order valence-electron chi connectivity index (χ2n) is 7.65. The highest BCUT2D eigenvalue weighted by Crippen LogP contribution is 2.26. The number of benzene rings is 2. The van der Waals surface area contributed by atoms with Gasteiger partial charge in [0.05, 0.1) is 17.9 Å². The highest BCUT2D eigenvalue weighted by atomic mass is 32.2. The summed E-state index contributed by atoms with van der Waals surface area (Å²) in [6.45, 7) is 2.40. The van der Waals surface area contributed by atoms with E-state index in [0.717, 1.165) is 11.1 Å². The molecule has 1 unspecified atom stereocenters. The number of aromatic nitrogens is 2. The maximum Gasteiger partial charge on any atom is 0.322 e. The second kappa shape index (κ2) is 9.09. The predicted molar refractivity (Wildman–Crippen MR) is 118 cm³/mol. The van der Waals surface area contributed by atoms with E-state index < -0.39 is 15.9 Å². The third kappa shape index (κ3) is 4.66. The van der Waals surface area contributed by atoms with Gasteiger partial charge in [0.15, 0.2) is 0 Å². The van der Waals surface area contributed by atoms with E-state index in [1.807, 2.05) is 31.2 Å². The van der Waals surface area contributed by atoms with Crippen molar-refractivity contribution < 1.29 is 22.4 Å². The van der Waals surface area contributed by atoms with Gasteiger partial charge in [0.25, 0.3) is 0 Å². The standard InChI is InChI=1S/C22H24N4O5S/c1-15-5-3-6-16(13-15)21-24-25-22(31-21)23-20(27)17-7-4-12-26(14-17)32(28,29)19-10-8-18(30-2)9-11-19/h3,5-6,8-11,13,17H,4,7,12,14H2,1-2H3,(H,23,25,27). The Labute approximate surface area is 186 Å². The van der Waals surface area contributed by atoms with Crippen molar-refractivity contribution in [3.05, 3.63) is 54.1 Å². The lowest BCUT2D eigenvalue weighted by atomic mass is 9.99. The third-order valence-electron chi connectivity index (χ3n) is 5.37. The number of amides is 1. The van der Waals surface area contributed by atoms with Crippen LogP contribution in [-0.4, -0.2) is 49.0 Å². The van der Waals surface area contributed by atoms with Crippen LogP contribution < -0.4 is 10.1 Å². The minimum atomic E-state index is -3.72. The number of carbonyl (C=O) groups excluding carboxylic acids is 1. The number of nitrogens with one attached hydrogen (secondary N) is 1. The Kier molecular flexibility index (Phi) is 6.24. The first kappa shape index (κ1) is 22.0. The average Bonchev–Trinajstić information content (AvgIpc) is 3.27. The van der Waals surface area contributed by atoms with Crippen molar-refractivity contribution in [1.29, 1.82) is 0 Å². The zero-order chi connectivity index (χ0) is 22.7. The van der Waals surface area contributed by atoms with Crippen LogP contribution in [0.4, 0.5) is 6.01 Å². The van der Waals surface area contributed by atoms with Crippen molar-refractivity contribution in [2.24, 2.45) is 5.92 Å². The molecule has 168 valence electrons. The Morgan fingerprint density at radius 1 is 1.19 bits per heavy atom. The number of anilines is 1. The number of piperidine rings is 1. The van der Waals surface area contributed by atoms with Gasteiger partial charge in [-0.15, -0.1) is 5.10 Å². The zero-order valence-corrected chi connectivity index (χ0v) is 18.6. The summed E-state index contributed by atoms with van der Waals surface area (Å²) in [5.41, 5.74) is 1.80. The van der Waals surface area contributed by atoms with Crippen LogP contribution >= 0.6 is 0 Å². The minimum absolute atomic E-state index is 0.0124. The lowest BCUT2D eigenvalue weighted by Gasteiger charge is -2.30. The van der Waals surface area contributed by atoms with Crippen molar-refractivity contribution in [1.82, 2.24) is 14.5 Å². The molecule has 0 radical (unpaired) electrons. The van der Waals surface area contributed by atoms with Gasteiger partial charge in [-0.2, -0.15) is 4.31 Å². The molecule has 1 aromatic heterocycles. The van der Waals surface area contributed by atoms with Crippen LogP contribution in [0.15, 0.2) is 57.8 Å². The van der Waals surface area contributed by atoms with Crippen LogP contribution in [0, 0.1) is 12.8 Å². The monoisotopic (exact) mass is 456 g/mol. The molecule has 1 aliphatic rings. The normalized spacial score (nSPS) is 17.1. The Balaban J connectivity index is 1.43. The SMILES string of the molecule is COc1ccc(S(=O)(=O)N2CCCC(C(=O)Nc3nnc(-c4cccc(C)c4)o3)C2)cc1. The fourth-order valence-corrected chi connectivity index (χ4v) is 5.17. The molecule has 0 bridgehead atoms. The number of nitrogens with zero attached hydrogens (tertiary/aromatic N) is 3. The van der Waals surface area contributed by atoms with Gasteiger partial charge in [-0.1, -0.05) is 22.8 Å². The summed E-state index contributed by atoms with van der Waals surface area (Å²) in [5.74, 6) is 0.00552. The summed E-state index contributed by atoms with van der Waals surface area (Å²) in [4.78, 5) is 12.9. The van der Waals surface area contributed by atoms with Gasteiger partial charge in [0, 0.05) is 18.7 Å². The smallest absolute Gasteiger partial charge is 0.322 e. The topological polar surface area (TPSA) is 115 Å². The maximum atomic E-state index is 13.0. The van der Waals surface area contributed by atoms with Gasteiger partial charge in [0.1, 0.15) is 5.75 Å². The summed E-state index contributed by atoms with van der Waals surface area (Å²) in [7, 11) is -2.20. The van der Waals surface area contributed by atoms with E-state index in [1.54, 1.807) is 12.1 Å². The van der Waals surface area contributed by atoms with Crippen LogP contribution in [0.1, 0.15) is 18.4 Å². The summed E-state index contributed by atoms with van der Waals surface area (Å²) in [6, 6.07) is 13.8. The molecule has 0 aliphatic carbocycles. The summed E-state index contributed by atoms with van der Waals surface area (Å²) >= 11 is 0. The van der Waals surface area contributed by atoms with Crippen molar-refractivity contribution >= 4 is 21.9 Å². The lowest BCUT2D eigenvalue weighted by molar-refractivity contribution is -0.121. The molecule has 4 rings (SSSR count). The van der Waals surface area contributed by atoms with Crippen LogP contribution in [0.25, 0.3) is 11.5 Å². The number of methoxy groups -OCH3 is 1. The Morgan fingerprint density at radius 3 is 2.69 bits per heavy atom. The highest BCUT2D eigenvalue weighted by Gasteiger charge is 2.33. The molecule has 2 aromatic carbocycles. The van der Waals surface area contributed by atoms with Crippen molar-refractivity contribution in [3.8, 4) is 17.2 Å². The number of hydrogen-bond donors (Lipinski definition) is 1. The van der Waals surface area contributed by atoms with Crippen LogP contribution in [0.2, 0.25) is 0 Å².